The van der Waals surface area contributed by atoms with Crippen molar-refractivity contribution >= 4 is 5.91 Å². The highest BCUT2D eigenvalue weighted by Crippen LogP contribution is 2.18. The zero-order valence-corrected chi connectivity index (χ0v) is 9.40. The summed E-state index contributed by atoms with van der Waals surface area (Å²) in [7, 11) is 0. The van der Waals surface area contributed by atoms with Gasteiger partial charge in [0.1, 0.15) is 5.76 Å². The summed E-state index contributed by atoms with van der Waals surface area (Å²) < 4.78 is 5.25. The summed E-state index contributed by atoms with van der Waals surface area (Å²) in [6.07, 6.45) is 3.02. The Bertz CT molecular complexity index is 364. The smallest absolute Gasteiger partial charge is 0.287 e. The number of nitrogens with one attached hydrogen (secondary N) is 1. The third kappa shape index (κ3) is 2.64. The maximum absolute atomic E-state index is 11.7. The number of amides is 1. The van der Waals surface area contributed by atoms with Crippen molar-refractivity contribution in [2.75, 3.05) is 0 Å². The molecule has 0 unspecified atom stereocenters. The first-order valence-electron chi connectivity index (χ1n) is 5.70. The second-order valence-electron chi connectivity index (χ2n) is 4.39. The van der Waals surface area contributed by atoms with Gasteiger partial charge in [0, 0.05) is 6.04 Å². The van der Waals surface area contributed by atoms with Crippen molar-refractivity contribution in [3.63, 3.8) is 0 Å². The van der Waals surface area contributed by atoms with Gasteiger partial charge in [-0.05, 0) is 44.7 Å². The maximum atomic E-state index is 11.7. The van der Waals surface area contributed by atoms with E-state index in [2.05, 4.69) is 5.32 Å². The first-order valence-corrected chi connectivity index (χ1v) is 5.70. The summed E-state index contributed by atoms with van der Waals surface area (Å²) in [6, 6.07) is 3.63. The molecule has 1 aromatic rings. The molecular weight excluding hydrogens is 206 g/mol. The lowest BCUT2D eigenvalue weighted by molar-refractivity contribution is 0.0842. The van der Waals surface area contributed by atoms with E-state index in [9.17, 15) is 9.90 Å². The fourth-order valence-corrected chi connectivity index (χ4v) is 2.03. The van der Waals surface area contributed by atoms with Crippen LogP contribution < -0.4 is 5.32 Å². The maximum Gasteiger partial charge on any atom is 0.287 e. The first-order chi connectivity index (χ1) is 7.65. The van der Waals surface area contributed by atoms with Crippen LogP contribution in [0.1, 0.15) is 42.0 Å². The SMILES string of the molecule is Cc1ccc(C(=O)NC2CCC(O)CC2)o1. The number of hydrogen-bond donors (Lipinski definition) is 2. The highest BCUT2D eigenvalue weighted by Gasteiger charge is 2.22. The highest BCUT2D eigenvalue weighted by molar-refractivity contribution is 5.91. The number of hydrogen-bond acceptors (Lipinski definition) is 3. The van der Waals surface area contributed by atoms with E-state index >= 15 is 0 Å². The van der Waals surface area contributed by atoms with Crippen LogP contribution in [0, 0.1) is 6.92 Å². The molecule has 0 aliphatic heterocycles. The molecule has 16 heavy (non-hydrogen) atoms. The average Bonchev–Trinajstić information content (AvgIpc) is 2.68. The summed E-state index contributed by atoms with van der Waals surface area (Å²) >= 11 is 0. The van der Waals surface area contributed by atoms with E-state index in [1.165, 1.54) is 0 Å². The Kier molecular flexibility index (Phi) is 3.29. The summed E-state index contributed by atoms with van der Waals surface area (Å²) in [6.45, 7) is 1.81. The van der Waals surface area contributed by atoms with Crippen molar-refractivity contribution in [1.82, 2.24) is 5.32 Å². The molecule has 1 saturated carbocycles. The molecule has 2 N–H and O–H groups in total. The van der Waals surface area contributed by atoms with E-state index in [1.54, 1.807) is 12.1 Å². The molecule has 2 rings (SSSR count). The number of furan rings is 1. The van der Waals surface area contributed by atoms with Crippen molar-refractivity contribution in [3.8, 4) is 0 Å². The van der Waals surface area contributed by atoms with Crippen LogP contribution in [-0.4, -0.2) is 23.2 Å². The van der Waals surface area contributed by atoms with Gasteiger partial charge in [0.25, 0.3) is 5.91 Å². The molecule has 1 aromatic heterocycles. The Labute approximate surface area is 94.6 Å². The quantitative estimate of drug-likeness (QED) is 0.800. The van der Waals surface area contributed by atoms with Crippen LogP contribution >= 0.6 is 0 Å². The molecular formula is C12H17NO3. The van der Waals surface area contributed by atoms with Crippen LogP contribution in [0.2, 0.25) is 0 Å². The van der Waals surface area contributed by atoms with Gasteiger partial charge in [0.15, 0.2) is 5.76 Å². The molecule has 0 bridgehead atoms. The first kappa shape index (κ1) is 11.2. The summed E-state index contributed by atoms with van der Waals surface area (Å²) in [5.41, 5.74) is 0. The molecule has 0 saturated heterocycles. The van der Waals surface area contributed by atoms with Crippen LogP contribution in [-0.2, 0) is 0 Å². The standard InChI is InChI=1S/C12H17NO3/c1-8-2-7-11(16-8)12(15)13-9-3-5-10(14)6-4-9/h2,7,9-10,14H,3-6H2,1H3,(H,13,15). The third-order valence-corrected chi connectivity index (χ3v) is 3.00. The minimum Gasteiger partial charge on any atom is -0.456 e. The summed E-state index contributed by atoms with van der Waals surface area (Å²) in [5, 5.41) is 12.3. The van der Waals surface area contributed by atoms with Gasteiger partial charge in [0.2, 0.25) is 0 Å². The lowest BCUT2D eigenvalue weighted by atomic mass is 9.93. The van der Waals surface area contributed by atoms with Gasteiger partial charge < -0.3 is 14.8 Å². The molecule has 1 aliphatic rings. The minimum absolute atomic E-state index is 0.158. The zero-order valence-electron chi connectivity index (χ0n) is 9.40. The van der Waals surface area contributed by atoms with Crippen molar-refractivity contribution in [3.05, 3.63) is 23.7 Å². The molecule has 4 nitrogen and oxygen atoms in total. The van der Waals surface area contributed by atoms with Crippen LogP contribution in [0.3, 0.4) is 0 Å². The average molecular weight is 223 g/mol. The Morgan fingerprint density at radius 2 is 2.06 bits per heavy atom. The second kappa shape index (κ2) is 4.70. The monoisotopic (exact) mass is 223 g/mol. The molecule has 1 aliphatic carbocycles. The molecule has 4 heteroatoms. The van der Waals surface area contributed by atoms with Gasteiger partial charge in [-0.25, -0.2) is 0 Å². The van der Waals surface area contributed by atoms with Gasteiger partial charge in [-0.3, -0.25) is 4.79 Å². The molecule has 0 radical (unpaired) electrons. The van der Waals surface area contributed by atoms with Gasteiger partial charge in [-0.15, -0.1) is 0 Å². The lowest BCUT2D eigenvalue weighted by Gasteiger charge is -2.25. The molecule has 0 aromatic carbocycles. The number of carbonyl (C=O) groups excluding carboxylic acids is 1. The summed E-state index contributed by atoms with van der Waals surface area (Å²) in [5.74, 6) is 0.947. The Balaban J connectivity index is 1.88. The van der Waals surface area contributed by atoms with Crippen LogP contribution in [0.15, 0.2) is 16.5 Å². The van der Waals surface area contributed by atoms with Crippen LogP contribution in [0.5, 0.6) is 0 Å². The molecule has 1 amide bonds. The van der Waals surface area contributed by atoms with Crippen LogP contribution in [0.25, 0.3) is 0 Å². The van der Waals surface area contributed by atoms with Crippen molar-refractivity contribution < 1.29 is 14.3 Å². The van der Waals surface area contributed by atoms with Crippen molar-refractivity contribution in [2.45, 2.75) is 44.8 Å². The Morgan fingerprint density at radius 1 is 1.38 bits per heavy atom. The number of carbonyl (C=O) groups is 1. The highest BCUT2D eigenvalue weighted by atomic mass is 16.3. The molecule has 1 fully saturated rings. The van der Waals surface area contributed by atoms with E-state index < -0.39 is 0 Å². The van der Waals surface area contributed by atoms with Gasteiger partial charge in [0.05, 0.1) is 6.10 Å². The minimum atomic E-state index is -0.195. The fraction of sp³-hybridized carbons (Fsp3) is 0.583. The summed E-state index contributed by atoms with van der Waals surface area (Å²) in [4.78, 5) is 11.7. The molecule has 0 spiro atoms. The molecule has 0 atom stereocenters. The number of aliphatic hydroxyl groups is 1. The van der Waals surface area contributed by atoms with Crippen LogP contribution in [0.4, 0.5) is 0 Å². The number of aliphatic hydroxyl groups excluding tert-OH is 1. The van der Waals surface area contributed by atoms with Gasteiger partial charge in [-0.2, -0.15) is 0 Å². The van der Waals surface area contributed by atoms with E-state index in [1.807, 2.05) is 6.92 Å². The normalized spacial score (nSPS) is 25.4. The Morgan fingerprint density at radius 3 is 2.62 bits per heavy atom. The topological polar surface area (TPSA) is 62.5 Å². The Hall–Kier alpha value is -1.29. The fourth-order valence-electron chi connectivity index (χ4n) is 2.03. The van der Waals surface area contributed by atoms with Crippen molar-refractivity contribution in [2.24, 2.45) is 0 Å². The predicted octanol–water partition coefficient (Wildman–Crippen LogP) is 1.62. The number of rotatable bonds is 2. The lowest BCUT2D eigenvalue weighted by Crippen LogP contribution is -2.38. The second-order valence-corrected chi connectivity index (χ2v) is 4.39. The van der Waals surface area contributed by atoms with E-state index in [-0.39, 0.29) is 18.1 Å². The molecule has 1 heterocycles. The predicted molar refractivity (Wildman–Crippen MR) is 59.2 cm³/mol. The van der Waals surface area contributed by atoms with E-state index in [0.29, 0.717) is 5.76 Å². The van der Waals surface area contributed by atoms with E-state index in [4.69, 9.17) is 4.42 Å². The third-order valence-electron chi connectivity index (χ3n) is 3.00. The van der Waals surface area contributed by atoms with Gasteiger partial charge >= 0.3 is 0 Å². The van der Waals surface area contributed by atoms with E-state index in [0.717, 1.165) is 31.4 Å². The zero-order chi connectivity index (χ0) is 11.5. The largest absolute Gasteiger partial charge is 0.456 e. The molecule has 88 valence electrons. The number of aryl methyl sites for hydroxylation is 1. The van der Waals surface area contributed by atoms with Gasteiger partial charge in [-0.1, -0.05) is 0 Å². The van der Waals surface area contributed by atoms with Crippen molar-refractivity contribution in [1.29, 1.82) is 0 Å².